The minimum atomic E-state index is -0.529. The minimum Gasteiger partial charge on any atom is -0.388 e. The van der Waals surface area contributed by atoms with Crippen molar-refractivity contribution in [2.45, 2.75) is 25.8 Å². The number of aryl methyl sites for hydroxylation is 1. The van der Waals surface area contributed by atoms with Crippen molar-refractivity contribution in [3.8, 4) is 0 Å². The molecule has 1 aromatic rings. The van der Waals surface area contributed by atoms with Gasteiger partial charge in [0.1, 0.15) is 16.7 Å². The molecule has 1 aliphatic rings. The Kier molecular flexibility index (Phi) is 3.70. The molecule has 1 atom stereocenters. The van der Waals surface area contributed by atoms with Crippen LogP contribution in [-0.2, 0) is 9.59 Å². The third-order valence-electron chi connectivity index (χ3n) is 2.65. The highest BCUT2D eigenvalue weighted by atomic mass is 32.1. The zero-order chi connectivity index (χ0) is 14.0. The van der Waals surface area contributed by atoms with Gasteiger partial charge in [0.05, 0.1) is 0 Å². The number of rotatable bonds is 3. The number of nitrogens with two attached hydrogens (primary N) is 1. The van der Waals surface area contributed by atoms with E-state index in [0.29, 0.717) is 17.8 Å². The third kappa shape index (κ3) is 3.22. The van der Waals surface area contributed by atoms with Crippen molar-refractivity contribution in [2.24, 2.45) is 5.73 Å². The maximum Gasteiger partial charge on any atom is 0.249 e. The number of hydrogen-bond donors (Lipinski definition) is 3. The van der Waals surface area contributed by atoms with Gasteiger partial charge < -0.3 is 11.1 Å². The molecule has 2 heterocycles. The van der Waals surface area contributed by atoms with Gasteiger partial charge in [-0.2, -0.15) is 0 Å². The van der Waals surface area contributed by atoms with Gasteiger partial charge in [-0.3, -0.25) is 14.9 Å². The molecule has 0 aliphatic carbocycles. The molecule has 1 aromatic heterocycles. The highest BCUT2D eigenvalue weighted by Gasteiger charge is 2.27. The summed E-state index contributed by atoms with van der Waals surface area (Å²) >= 11 is 4.86. The standard InChI is InChI=1S/C11H13N5O2S/c1-5-4-7(9(12)19)15-11(13-5)14-6-2-3-8(17)16-10(6)18/h4,6H,2-3H2,1H3,(H2,12,19)(H,13,14,15)(H,16,17,18). The lowest BCUT2D eigenvalue weighted by Crippen LogP contribution is -2.47. The SMILES string of the molecule is Cc1cc(C(N)=S)nc(NC2CCC(=O)NC2=O)n1. The van der Waals surface area contributed by atoms with Crippen molar-refractivity contribution >= 4 is 35.0 Å². The Hall–Kier alpha value is -2.09. The van der Waals surface area contributed by atoms with Crippen LogP contribution in [0.25, 0.3) is 0 Å². The molecule has 7 nitrogen and oxygen atoms in total. The fraction of sp³-hybridized carbons (Fsp3) is 0.364. The number of anilines is 1. The van der Waals surface area contributed by atoms with Gasteiger partial charge in [0.15, 0.2) is 0 Å². The first kappa shape index (κ1) is 13.3. The minimum absolute atomic E-state index is 0.164. The predicted molar refractivity (Wildman–Crippen MR) is 72.5 cm³/mol. The smallest absolute Gasteiger partial charge is 0.249 e. The molecule has 100 valence electrons. The molecule has 4 N–H and O–H groups in total. The average molecular weight is 279 g/mol. The fourth-order valence-corrected chi connectivity index (χ4v) is 1.85. The summed E-state index contributed by atoms with van der Waals surface area (Å²) in [7, 11) is 0. The molecule has 0 saturated carbocycles. The molecule has 0 radical (unpaired) electrons. The Bertz CT molecular complexity index is 560. The van der Waals surface area contributed by atoms with Crippen LogP contribution in [0, 0.1) is 6.92 Å². The molecule has 8 heteroatoms. The van der Waals surface area contributed by atoms with E-state index in [-0.39, 0.29) is 29.2 Å². The number of nitrogens with one attached hydrogen (secondary N) is 2. The second-order valence-corrected chi connectivity index (χ2v) is 4.67. The Balaban J connectivity index is 2.17. The van der Waals surface area contributed by atoms with Crippen molar-refractivity contribution in [3.63, 3.8) is 0 Å². The third-order valence-corrected chi connectivity index (χ3v) is 2.86. The first-order valence-electron chi connectivity index (χ1n) is 5.71. The number of carbonyl (C=O) groups excluding carboxylic acids is 2. The molecule has 0 aromatic carbocycles. The zero-order valence-electron chi connectivity index (χ0n) is 10.3. The molecule has 1 aliphatic heterocycles. The maximum atomic E-state index is 11.6. The number of aromatic nitrogens is 2. The van der Waals surface area contributed by atoms with E-state index < -0.39 is 6.04 Å². The van der Waals surface area contributed by atoms with Crippen molar-refractivity contribution in [1.82, 2.24) is 15.3 Å². The summed E-state index contributed by atoms with van der Waals surface area (Å²) in [5.41, 5.74) is 6.65. The Morgan fingerprint density at radius 1 is 1.53 bits per heavy atom. The molecule has 2 rings (SSSR count). The van der Waals surface area contributed by atoms with Gasteiger partial charge >= 0.3 is 0 Å². The maximum absolute atomic E-state index is 11.6. The topological polar surface area (TPSA) is 110 Å². The zero-order valence-corrected chi connectivity index (χ0v) is 11.1. The summed E-state index contributed by atoms with van der Waals surface area (Å²) in [5.74, 6) is -0.368. The fourth-order valence-electron chi connectivity index (χ4n) is 1.75. The largest absolute Gasteiger partial charge is 0.388 e. The average Bonchev–Trinajstić information content (AvgIpc) is 2.32. The lowest BCUT2D eigenvalue weighted by atomic mass is 10.1. The van der Waals surface area contributed by atoms with Crippen molar-refractivity contribution < 1.29 is 9.59 Å². The van der Waals surface area contributed by atoms with Gasteiger partial charge in [-0.1, -0.05) is 12.2 Å². The summed E-state index contributed by atoms with van der Waals surface area (Å²) in [6, 6.07) is 1.14. The van der Waals surface area contributed by atoms with Crippen molar-refractivity contribution in [3.05, 3.63) is 17.5 Å². The van der Waals surface area contributed by atoms with Crippen LogP contribution in [0.3, 0.4) is 0 Å². The van der Waals surface area contributed by atoms with Gasteiger partial charge in [0.2, 0.25) is 17.8 Å². The summed E-state index contributed by atoms with van der Waals surface area (Å²) < 4.78 is 0. The second-order valence-electron chi connectivity index (χ2n) is 4.23. The monoisotopic (exact) mass is 279 g/mol. The molecular formula is C11H13N5O2S. The molecule has 1 saturated heterocycles. The highest BCUT2D eigenvalue weighted by molar-refractivity contribution is 7.80. The second kappa shape index (κ2) is 5.27. The lowest BCUT2D eigenvalue weighted by Gasteiger charge is -2.22. The Labute approximate surface area is 115 Å². The van der Waals surface area contributed by atoms with E-state index >= 15 is 0 Å². The number of imide groups is 1. The van der Waals surface area contributed by atoms with Crippen LogP contribution >= 0.6 is 12.2 Å². The van der Waals surface area contributed by atoms with Crippen LogP contribution in [0.1, 0.15) is 24.2 Å². The van der Waals surface area contributed by atoms with E-state index in [1.54, 1.807) is 13.0 Å². The first-order valence-corrected chi connectivity index (χ1v) is 6.12. The molecule has 0 bridgehead atoms. The Morgan fingerprint density at radius 2 is 2.26 bits per heavy atom. The molecule has 1 unspecified atom stereocenters. The van der Waals surface area contributed by atoms with E-state index in [4.69, 9.17) is 18.0 Å². The van der Waals surface area contributed by atoms with Gasteiger partial charge in [-0.15, -0.1) is 0 Å². The molecule has 0 spiro atoms. The van der Waals surface area contributed by atoms with Crippen molar-refractivity contribution in [2.75, 3.05) is 5.32 Å². The molecule has 19 heavy (non-hydrogen) atoms. The Morgan fingerprint density at radius 3 is 2.89 bits per heavy atom. The van der Waals surface area contributed by atoms with Crippen LogP contribution in [0.5, 0.6) is 0 Å². The van der Waals surface area contributed by atoms with E-state index in [2.05, 4.69) is 20.6 Å². The summed E-state index contributed by atoms with van der Waals surface area (Å²) in [6.07, 6.45) is 0.696. The van der Waals surface area contributed by atoms with Crippen LogP contribution < -0.4 is 16.4 Å². The summed E-state index contributed by atoms with van der Waals surface area (Å²) in [6.45, 7) is 1.78. The number of nitrogens with zero attached hydrogens (tertiary/aromatic N) is 2. The molecule has 2 amide bonds. The summed E-state index contributed by atoms with van der Waals surface area (Å²) in [4.78, 5) is 31.1. The van der Waals surface area contributed by atoms with Crippen molar-refractivity contribution in [1.29, 1.82) is 0 Å². The molecule has 1 fully saturated rings. The van der Waals surface area contributed by atoms with Crippen LogP contribution in [-0.4, -0.2) is 32.8 Å². The van der Waals surface area contributed by atoms with E-state index in [0.717, 1.165) is 0 Å². The predicted octanol–water partition coefficient (Wildman–Crippen LogP) is -0.364. The normalized spacial score (nSPS) is 18.9. The number of carbonyl (C=O) groups is 2. The summed E-state index contributed by atoms with van der Waals surface area (Å²) in [5, 5.41) is 5.14. The van der Waals surface area contributed by atoms with Gasteiger partial charge in [-0.05, 0) is 19.4 Å². The number of hydrogen-bond acceptors (Lipinski definition) is 6. The number of amides is 2. The van der Waals surface area contributed by atoms with Crippen LogP contribution in [0.2, 0.25) is 0 Å². The number of piperidine rings is 1. The van der Waals surface area contributed by atoms with Gasteiger partial charge in [-0.25, -0.2) is 9.97 Å². The van der Waals surface area contributed by atoms with Gasteiger partial charge in [0.25, 0.3) is 0 Å². The van der Waals surface area contributed by atoms with Gasteiger partial charge in [0, 0.05) is 12.1 Å². The lowest BCUT2D eigenvalue weighted by molar-refractivity contribution is -0.133. The quantitative estimate of drug-likeness (QED) is 0.511. The molecular weight excluding hydrogens is 266 g/mol. The van der Waals surface area contributed by atoms with E-state index in [1.807, 2.05) is 0 Å². The van der Waals surface area contributed by atoms with Crippen LogP contribution in [0.4, 0.5) is 5.95 Å². The number of thiocarbonyl (C=S) groups is 1. The highest BCUT2D eigenvalue weighted by Crippen LogP contribution is 2.11. The first-order chi connectivity index (χ1) is 8.95. The van der Waals surface area contributed by atoms with E-state index in [1.165, 1.54) is 0 Å². The van der Waals surface area contributed by atoms with Crippen LogP contribution in [0.15, 0.2) is 6.07 Å². The van der Waals surface area contributed by atoms with E-state index in [9.17, 15) is 9.59 Å².